The normalized spacial score (nSPS) is 30.4. The average molecular weight is 274 g/mol. The van der Waals surface area contributed by atoms with Crippen molar-refractivity contribution < 1.29 is 9.53 Å². The van der Waals surface area contributed by atoms with Gasteiger partial charge in [0.2, 0.25) is 5.91 Å². The van der Waals surface area contributed by atoms with E-state index in [1.54, 1.807) is 0 Å². The van der Waals surface area contributed by atoms with Crippen LogP contribution in [0, 0.1) is 11.8 Å². The van der Waals surface area contributed by atoms with Crippen molar-refractivity contribution in [2.45, 2.75) is 13.0 Å². The van der Waals surface area contributed by atoms with Crippen LogP contribution in [-0.4, -0.2) is 43.6 Å². The highest BCUT2D eigenvalue weighted by Crippen LogP contribution is 2.25. The zero-order valence-corrected chi connectivity index (χ0v) is 11.9. The fourth-order valence-corrected chi connectivity index (χ4v) is 3.09. The fraction of sp³-hybridized carbons (Fsp3) is 0.562. The highest BCUT2D eigenvalue weighted by atomic mass is 16.5. The van der Waals surface area contributed by atoms with Crippen LogP contribution in [-0.2, 0) is 9.53 Å². The summed E-state index contributed by atoms with van der Waals surface area (Å²) in [5, 5.41) is 3.31. The van der Waals surface area contributed by atoms with E-state index in [-0.39, 0.29) is 17.9 Å². The van der Waals surface area contributed by atoms with Crippen molar-refractivity contribution in [2.24, 2.45) is 11.8 Å². The van der Waals surface area contributed by atoms with Crippen LogP contribution in [0.25, 0.3) is 0 Å². The van der Waals surface area contributed by atoms with Crippen molar-refractivity contribution in [3.8, 4) is 0 Å². The molecule has 0 saturated carbocycles. The molecule has 20 heavy (non-hydrogen) atoms. The number of amides is 1. The van der Waals surface area contributed by atoms with Crippen molar-refractivity contribution in [1.82, 2.24) is 10.2 Å². The average Bonchev–Trinajstić information content (AvgIpc) is 2.94. The van der Waals surface area contributed by atoms with E-state index in [9.17, 15) is 4.79 Å². The summed E-state index contributed by atoms with van der Waals surface area (Å²) in [7, 11) is 0. The summed E-state index contributed by atoms with van der Waals surface area (Å²) in [5.41, 5.74) is 1.16. The van der Waals surface area contributed by atoms with E-state index < -0.39 is 0 Å². The number of rotatable bonds is 2. The standard InChI is InChI=1S/C16H22N2O2/c1-12-9-17-10-14(12)16(19)18-7-8-20-15(11-18)13-5-3-2-4-6-13/h2-6,12,14-15,17H,7-11H2,1H3. The number of morpholine rings is 1. The molecule has 0 spiro atoms. The van der Waals surface area contributed by atoms with Gasteiger partial charge in [0.05, 0.1) is 19.1 Å². The Hall–Kier alpha value is -1.39. The van der Waals surface area contributed by atoms with E-state index in [2.05, 4.69) is 24.4 Å². The van der Waals surface area contributed by atoms with Crippen molar-refractivity contribution >= 4 is 5.91 Å². The third-order valence-electron chi connectivity index (χ3n) is 4.38. The monoisotopic (exact) mass is 274 g/mol. The molecule has 0 radical (unpaired) electrons. The van der Waals surface area contributed by atoms with Crippen LogP contribution in [0.5, 0.6) is 0 Å². The summed E-state index contributed by atoms with van der Waals surface area (Å²) < 4.78 is 5.82. The molecule has 1 amide bonds. The van der Waals surface area contributed by atoms with E-state index in [0.29, 0.717) is 25.6 Å². The smallest absolute Gasteiger partial charge is 0.227 e. The number of carbonyl (C=O) groups is 1. The van der Waals surface area contributed by atoms with Crippen LogP contribution in [0.2, 0.25) is 0 Å². The van der Waals surface area contributed by atoms with Crippen LogP contribution in [0.1, 0.15) is 18.6 Å². The molecule has 1 N–H and O–H groups in total. The minimum Gasteiger partial charge on any atom is -0.370 e. The molecular formula is C16H22N2O2. The van der Waals surface area contributed by atoms with Crippen molar-refractivity contribution in [2.75, 3.05) is 32.8 Å². The zero-order chi connectivity index (χ0) is 13.9. The van der Waals surface area contributed by atoms with E-state index in [0.717, 1.165) is 18.7 Å². The molecule has 1 aromatic carbocycles. The van der Waals surface area contributed by atoms with Crippen molar-refractivity contribution in [1.29, 1.82) is 0 Å². The molecule has 3 rings (SSSR count). The number of hydrogen-bond acceptors (Lipinski definition) is 3. The molecule has 4 heteroatoms. The van der Waals surface area contributed by atoms with Crippen LogP contribution in [0.15, 0.2) is 30.3 Å². The molecular weight excluding hydrogens is 252 g/mol. The lowest BCUT2D eigenvalue weighted by molar-refractivity contribution is -0.143. The van der Waals surface area contributed by atoms with E-state index >= 15 is 0 Å². The lowest BCUT2D eigenvalue weighted by Crippen LogP contribution is -2.46. The Morgan fingerprint density at radius 2 is 2.10 bits per heavy atom. The van der Waals surface area contributed by atoms with Gasteiger partial charge in [-0.1, -0.05) is 37.3 Å². The first-order chi connectivity index (χ1) is 9.75. The Kier molecular flexibility index (Phi) is 4.03. The number of benzene rings is 1. The number of ether oxygens (including phenoxy) is 1. The summed E-state index contributed by atoms with van der Waals surface area (Å²) in [6.07, 6.45) is 0.0126. The molecule has 2 fully saturated rings. The minimum absolute atomic E-state index is 0.0126. The first kappa shape index (κ1) is 13.6. The molecule has 0 aromatic heterocycles. The molecule has 108 valence electrons. The van der Waals surface area contributed by atoms with Crippen LogP contribution < -0.4 is 5.32 Å². The van der Waals surface area contributed by atoms with Gasteiger partial charge in [-0.15, -0.1) is 0 Å². The second-order valence-electron chi connectivity index (χ2n) is 5.80. The van der Waals surface area contributed by atoms with Gasteiger partial charge in [0.1, 0.15) is 6.10 Å². The van der Waals surface area contributed by atoms with Gasteiger partial charge >= 0.3 is 0 Å². The summed E-state index contributed by atoms with van der Waals surface area (Å²) >= 11 is 0. The SMILES string of the molecule is CC1CNCC1C(=O)N1CCOC(c2ccccc2)C1. The molecule has 2 aliphatic heterocycles. The molecule has 2 heterocycles. The molecule has 4 nitrogen and oxygen atoms in total. The predicted molar refractivity (Wildman–Crippen MR) is 77.2 cm³/mol. The van der Waals surface area contributed by atoms with E-state index in [1.165, 1.54) is 0 Å². The maximum atomic E-state index is 12.6. The Morgan fingerprint density at radius 1 is 1.30 bits per heavy atom. The largest absolute Gasteiger partial charge is 0.370 e. The summed E-state index contributed by atoms with van der Waals surface area (Å²) in [4.78, 5) is 14.6. The lowest BCUT2D eigenvalue weighted by atomic mass is 9.96. The van der Waals surface area contributed by atoms with E-state index in [4.69, 9.17) is 4.74 Å². The third kappa shape index (κ3) is 2.72. The second kappa shape index (κ2) is 5.94. The Morgan fingerprint density at radius 3 is 2.80 bits per heavy atom. The van der Waals surface area contributed by atoms with Gasteiger partial charge in [-0.05, 0) is 18.0 Å². The molecule has 1 aromatic rings. The summed E-state index contributed by atoms with van der Waals surface area (Å²) in [6.45, 7) is 5.92. The van der Waals surface area contributed by atoms with Gasteiger partial charge in [-0.2, -0.15) is 0 Å². The predicted octanol–water partition coefficient (Wildman–Crippen LogP) is 1.44. The van der Waals surface area contributed by atoms with Crippen LogP contribution in [0.3, 0.4) is 0 Å². The lowest BCUT2D eigenvalue weighted by Gasteiger charge is -2.35. The van der Waals surface area contributed by atoms with Gasteiger partial charge in [-0.25, -0.2) is 0 Å². The molecule has 3 unspecified atom stereocenters. The summed E-state index contributed by atoms with van der Waals surface area (Å²) in [5.74, 6) is 0.844. The molecule has 3 atom stereocenters. The zero-order valence-electron chi connectivity index (χ0n) is 11.9. The summed E-state index contributed by atoms with van der Waals surface area (Å²) in [6, 6.07) is 10.2. The Bertz CT molecular complexity index is 463. The fourth-order valence-electron chi connectivity index (χ4n) is 3.09. The number of hydrogen-bond donors (Lipinski definition) is 1. The maximum Gasteiger partial charge on any atom is 0.227 e. The van der Waals surface area contributed by atoms with Gasteiger partial charge in [0, 0.05) is 13.1 Å². The van der Waals surface area contributed by atoms with Gasteiger partial charge < -0.3 is 15.0 Å². The Balaban J connectivity index is 1.67. The maximum absolute atomic E-state index is 12.6. The molecule has 2 saturated heterocycles. The molecule has 0 aliphatic carbocycles. The third-order valence-corrected chi connectivity index (χ3v) is 4.38. The van der Waals surface area contributed by atoms with Crippen molar-refractivity contribution in [3.63, 3.8) is 0 Å². The quantitative estimate of drug-likeness (QED) is 0.887. The molecule has 0 bridgehead atoms. The van der Waals surface area contributed by atoms with Gasteiger partial charge in [0.25, 0.3) is 0 Å². The molecule has 2 aliphatic rings. The number of carbonyl (C=O) groups excluding carboxylic acids is 1. The highest BCUT2D eigenvalue weighted by molar-refractivity contribution is 5.80. The van der Waals surface area contributed by atoms with Gasteiger partial charge in [-0.3, -0.25) is 4.79 Å². The first-order valence-electron chi connectivity index (χ1n) is 7.42. The first-order valence-corrected chi connectivity index (χ1v) is 7.42. The van der Waals surface area contributed by atoms with Crippen LogP contribution >= 0.6 is 0 Å². The van der Waals surface area contributed by atoms with Crippen molar-refractivity contribution in [3.05, 3.63) is 35.9 Å². The Labute approximate surface area is 120 Å². The van der Waals surface area contributed by atoms with Crippen LogP contribution in [0.4, 0.5) is 0 Å². The van der Waals surface area contributed by atoms with E-state index in [1.807, 2.05) is 23.1 Å². The number of nitrogens with zero attached hydrogens (tertiary/aromatic N) is 1. The highest BCUT2D eigenvalue weighted by Gasteiger charge is 2.35. The van der Waals surface area contributed by atoms with Gasteiger partial charge in [0.15, 0.2) is 0 Å². The second-order valence-corrected chi connectivity index (χ2v) is 5.80. The minimum atomic E-state index is 0.0126. The topological polar surface area (TPSA) is 41.6 Å². The number of nitrogens with one attached hydrogen (secondary N) is 1.